The number of fused-ring (bicyclic) bond motifs is 1. The van der Waals surface area contributed by atoms with Crippen molar-refractivity contribution in [2.75, 3.05) is 38.1 Å². The Kier molecular flexibility index (Phi) is 4.47. The summed E-state index contributed by atoms with van der Waals surface area (Å²) >= 11 is 0. The van der Waals surface area contributed by atoms with Gasteiger partial charge in [0.1, 0.15) is 5.75 Å². The minimum Gasteiger partial charge on any atom is -0.493 e. The van der Waals surface area contributed by atoms with E-state index in [-0.39, 0.29) is 18.4 Å². The summed E-state index contributed by atoms with van der Waals surface area (Å²) in [5.74, 6) is 1.17. The molecule has 7 heteroatoms. The molecule has 1 N–H and O–H groups in total. The van der Waals surface area contributed by atoms with Crippen LogP contribution in [0.25, 0.3) is 0 Å². The largest absolute Gasteiger partial charge is 0.493 e. The second-order valence-corrected chi connectivity index (χ2v) is 5.45. The summed E-state index contributed by atoms with van der Waals surface area (Å²) in [7, 11) is 4.73. The van der Waals surface area contributed by atoms with E-state index >= 15 is 0 Å². The Bertz CT molecular complexity index is 834. The van der Waals surface area contributed by atoms with Crippen LogP contribution in [0.2, 0.25) is 0 Å². The van der Waals surface area contributed by atoms with Gasteiger partial charge in [0.15, 0.2) is 18.1 Å². The van der Waals surface area contributed by atoms with Crippen molar-refractivity contribution in [3.8, 4) is 17.2 Å². The van der Waals surface area contributed by atoms with Gasteiger partial charge in [-0.15, -0.1) is 0 Å². The molecule has 7 nitrogen and oxygen atoms in total. The van der Waals surface area contributed by atoms with Crippen molar-refractivity contribution in [1.29, 1.82) is 0 Å². The predicted molar refractivity (Wildman–Crippen MR) is 92.8 cm³/mol. The normalized spacial score (nSPS) is 12.9. The van der Waals surface area contributed by atoms with Crippen LogP contribution in [-0.2, 0) is 4.79 Å². The summed E-state index contributed by atoms with van der Waals surface area (Å²) in [6.45, 7) is -0.0173. The van der Waals surface area contributed by atoms with E-state index in [0.717, 1.165) is 0 Å². The Morgan fingerprint density at radius 2 is 1.88 bits per heavy atom. The number of rotatable bonds is 4. The lowest BCUT2D eigenvalue weighted by molar-refractivity contribution is -0.120. The van der Waals surface area contributed by atoms with Crippen LogP contribution in [-0.4, -0.2) is 39.7 Å². The molecule has 3 rings (SSSR count). The lowest BCUT2D eigenvalue weighted by atomic mass is 10.1. The molecule has 2 aromatic rings. The fourth-order valence-corrected chi connectivity index (χ4v) is 2.54. The third-order valence-corrected chi connectivity index (χ3v) is 3.95. The molecule has 0 aliphatic carbocycles. The molecule has 0 saturated carbocycles. The Balaban J connectivity index is 1.81. The maximum absolute atomic E-state index is 12.5. The Morgan fingerprint density at radius 1 is 1.12 bits per heavy atom. The van der Waals surface area contributed by atoms with E-state index < -0.39 is 0 Å². The van der Waals surface area contributed by atoms with Gasteiger partial charge in [0.25, 0.3) is 11.8 Å². The van der Waals surface area contributed by atoms with E-state index in [2.05, 4.69) is 5.32 Å². The van der Waals surface area contributed by atoms with E-state index in [1.165, 1.54) is 19.1 Å². The lowest BCUT2D eigenvalue weighted by Gasteiger charge is -2.26. The standard InChI is InChI=1S/C18H18N2O5/c1-20-13-6-5-12(9-15(13)25-10-17(20)21)19-18(22)11-4-7-14(23-2)16(8-11)24-3/h4-9H,10H2,1-3H3,(H,19,22). The topological polar surface area (TPSA) is 77.1 Å². The minimum atomic E-state index is -0.291. The van der Waals surface area contributed by atoms with Gasteiger partial charge < -0.3 is 24.4 Å². The highest BCUT2D eigenvalue weighted by atomic mass is 16.5. The van der Waals surface area contributed by atoms with Gasteiger partial charge in [-0.05, 0) is 30.3 Å². The van der Waals surface area contributed by atoms with Crippen molar-refractivity contribution in [2.24, 2.45) is 0 Å². The number of carbonyl (C=O) groups is 2. The molecule has 1 heterocycles. The van der Waals surface area contributed by atoms with Crippen LogP contribution in [0.5, 0.6) is 17.2 Å². The highest BCUT2D eigenvalue weighted by Crippen LogP contribution is 2.34. The summed E-state index contributed by atoms with van der Waals surface area (Å²) in [5, 5.41) is 2.80. The minimum absolute atomic E-state index is 0.0173. The van der Waals surface area contributed by atoms with Gasteiger partial charge in [0.05, 0.1) is 19.9 Å². The zero-order chi connectivity index (χ0) is 18.0. The molecule has 0 spiro atoms. The Morgan fingerprint density at radius 3 is 2.60 bits per heavy atom. The van der Waals surface area contributed by atoms with Gasteiger partial charge in [-0.3, -0.25) is 9.59 Å². The molecule has 0 unspecified atom stereocenters. The van der Waals surface area contributed by atoms with Crippen molar-refractivity contribution in [1.82, 2.24) is 0 Å². The van der Waals surface area contributed by atoms with E-state index in [9.17, 15) is 9.59 Å². The van der Waals surface area contributed by atoms with Crippen molar-refractivity contribution in [3.63, 3.8) is 0 Å². The monoisotopic (exact) mass is 342 g/mol. The molecule has 1 aliphatic rings. The van der Waals surface area contributed by atoms with E-state index in [1.807, 2.05) is 0 Å². The molecule has 25 heavy (non-hydrogen) atoms. The summed E-state index contributed by atoms with van der Waals surface area (Å²) in [6, 6.07) is 10.1. The average Bonchev–Trinajstić information content (AvgIpc) is 2.64. The number of amides is 2. The third-order valence-electron chi connectivity index (χ3n) is 3.95. The number of carbonyl (C=O) groups excluding carboxylic acids is 2. The van der Waals surface area contributed by atoms with Crippen molar-refractivity contribution in [2.45, 2.75) is 0 Å². The van der Waals surface area contributed by atoms with Crippen LogP contribution in [0.15, 0.2) is 36.4 Å². The number of anilines is 2. The van der Waals surface area contributed by atoms with Gasteiger partial charge in [0, 0.05) is 24.4 Å². The van der Waals surface area contributed by atoms with E-state index in [1.54, 1.807) is 43.4 Å². The Labute approximate surface area is 145 Å². The molecule has 130 valence electrons. The maximum Gasteiger partial charge on any atom is 0.264 e. The molecule has 1 aliphatic heterocycles. The smallest absolute Gasteiger partial charge is 0.264 e. The molecule has 0 atom stereocenters. The summed E-state index contributed by atoms with van der Waals surface area (Å²) in [5.41, 5.74) is 1.67. The van der Waals surface area contributed by atoms with Crippen LogP contribution < -0.4 is 24.4 Å². The molecule has 0 saturated heterocycles. The fraction of sp³-hybridized carbons (Fsp3) is 0.222. The van der Waals surface area contributed by atoms with Crippen molar-refractivity contribution in [3.05, 3.63) is 42.0 Å². The first-order chi connectivity index (χ1) is 12.0. The quantitative estimate of drug-likeness (QED) is 0.923. The molecular formula is C18H18N2O5. The first-order valence-electron chi connectivity index (χ1n) is 7.60. The zero-order valence-electron chi connectivity index (χ0n) is 14.2. The molecular weight excluding hydrogens is 324 g/mol. The molecule has 2 amide bonds. The number of hydrogen-bond acceptors (Lipinski definition) is 5. The van der Waals surface area contributed by atoms with Gasteiger partial charge in [-0.2, -0.15) is 0 Å². The molecule has 2 aromatic carbocycles. The number of benzene rings is 2. The second-order valence-electron chi connectivity index (χ2n) is 5.45. The Hall–Kier alpha value is -3.22. The number of ether oxygens (including phenoxy) is 3. The van der Waals surface area contributed by atoms with Crippen LogP contribution in [0.3, 0.4) is 0 Å². The number of methoxy groups -OCH3 is 2. The number of nitrogens with zero attached hydrogens (tertiary/aromatic N) is 1. The predicted octanol–water partition coefficient (Wildman–Crippen LogP) is 2.31. The van der Waals surface area contributed by atoms with Gasteiger partial charge in [-0.25, -0.2) is 0 Å². The van der Waals surface area contributed by atoms with Gasteiger partial charge >= 0.3 is 0 Å². The fourth-order valence-electron chi connectivity index (χ4n) is 2.54. The average molecular weight is 342 g/mol. The lowest BCUT2D eigenvalue weighted by Crippen LogP contribution is -2.35. The van der Waals surface area contributed by atoms with E-state index in [0.29, 0.717) is 34.2 Å². The first-order valence-corrected chi connectivity index (χ1v) is 7.60. The second kappa shape index (κ2) is 6.72. The summed E-state index contributed by atoms with van der Waals surface area (Å²) in [6.07, 6.45) is 0. The first kappa shape index (κ1) is 16.6. The SMILES string of the molecule is COc1ccc(C(=O)Nc2ccc3c(c2)OCC(=O)N3C)cc1OC. The van der Waals surface area contributed by atoms with Crippen LogP contribution in [0, 0.1) is 0 Å². The molecule has 0 bridgehead atoms. The number of likely N-dealkylation sites (N-methyl/N-ethyl adjacent to an activating group) is 1. The van der Waals surface area contributed by atoms with Crippen LogP contribution >= 0.6 is 0 Å². The highest BCUT2D eigenvalue weighted by Gasteiger charge is 2.22. The van der Waals surface area contributed by atoms with Gasteiger partial charge in [-0.1, -0.05) is 0 Å². The maximum atomic E-state index is 12.5. The number of nitrogens with one attached hydrogen (secondary N) is 1. The highest BCUT2D eigenvalue weighted by molar-refractivity contribution is 6.05. The third kappa shape index (κ3) is 3.21. The van der Waals surface area contributed by atoms with Crippen molar-refractivity contribution >= 4 is 23.2 Å². The zero-order valence-corrected chi connectivity index (χ0v) is 14.2. The van der Waals surface area contributed by atoms with Gasteiger partial charge in [0.2, 0.25) is 0 Å². The summed E-state index contributed by atoms with van der Waals surface area (Å²) in [4.78, 5) is 25.6. The van der Waals surface area contributed by atoms with Crippen molar-refractivity contribution < 1.29 is 23.8 Å². The summed E-state index contributed by atoms with van der Waals surface area (Å²) < 4.78 is 15.8. The molecule has 0 fully saturated rings. The van der Waals surface area contributed by atoms with Crippen LogP contribution in [0.1, 0.15) is 10.4 Å². The molecule has 0 aromatic heterocycles. The number of hydrogen-bond donors (Lipinski definition) is 1. The van der Waals surface area contributed by atoms with E-state index in [4.69, 9.17) is 14.2 Å². The van der Waals surface area contributed by atoms with Crippen LogP contribution in [0.4, 0.5) is 11.4 Å². The molecule has 0 radical (unpaired) electrons.